The van der Waals surface area contributed by atoms with Crippen LogP contribution in [-0.4, -0.2) is 11.1 Å². The van der Waals surface area contributed by atoms with E-state index in [0.717, 1.165) is 0 Å². The molecule has 0 saturated carbocycles. The average molecular weight is 145 g/mol. The van der Waals surface area contributed by atoms with Crippen LogP contribution in [0.25, 0.3) is 0 Å². The molecule has 4 heteroatoms. The normalized spacial score (nSPS) is 9.89. The van der Waals surface area contributed by atoms with E-state index in [1.54, 1.807) is 12.5 Å². The Balaban J connectivity index is 2.81. The van der Waals surface area contributed by atoms with Crippen LogP contribution in [0.1, 0.15) is 0 Å². The van der Waals surface area contributed by atoms with Crippen LogP contribution in [-0.2, 0) is 11.5 Å². The van der Waals surface area contributed by atoms with E-state index in [9.17, 15) is 4.79 Å². The Morgan fingerprint density at radius 3 is 3.11 bits per heavy atom. The van der Waals surface area contributed by atoms with Gasteiger partial charge in [0.25, 0.3) is 5.56 Å². The van der Waals surface area contributed by atoms with Crippen molar-refractivity contribution in [2.45, 2.75) is 6.73 Å². The fourth-order valence-corrected chi connectivity index (χ4v) is 1.16. The molecule has 0 radical (unpaired) electrons. The van der Waals surface area contributed by atoms with Crippen LogP contribution >= 0.6 is 11.5 Å². The summed E-state index contributed by atoms with van der Waals surface area (Å²) < 4.78 is 6.27. The minimum atomic E-state index is 0.00171. The summed E-state index contributed by atoms with van der Waals surface area (Å²) in [6.45, 7) is 0.358. The summed E-state index contributed by atoms with van der Waals surface area (Å²) in [6, 6.07) is 1.52. The number of aromatic nitrogens is 1. The predicted molar refractivity (Wildman–Crippen MR) is 35.6 cm³/mol. The van der Waals surface area contributed by atoms with E-state index in [0.29, 0.717) is 6.73 Å². The first-order valence-corrected chi connectivity index (χ1v) is 3.32. The second-order valence-corrected chi connectivity index (χ2v) is 2.47. The van der Waals surface area contributed by atoms with E-state index >= 15 is 0 Å². The fourth-order valence-electron chi connectivity index (χ4n) is 0.508. The Kier molecular flexibility index (Phi) is 2.02. The van der Waals surface area contributed by atoms with Gasteiger partial charge in [-0.1, -0.05) is 11.5 Å². The Morgan fingerprint density at radius 2 is 2.67 bits per heavy atom. The van der Waals surface area contributed by atoms with E-state index in [1.165, 1.54) is 21.6 Å². The zero-order valence-electron chi connectivity index (χ0n) is 5.03. The molecule has 0 aliphatic heterocycles. The molecule has 0 aromatic carbocycles. The highest BCUT2D eigenvalue weighted by Gasteiger charge is 1.91. The fraction of sp³-hybridized carbons (Fsp3) is 0.400. The molecule has 0 saturated heterocycles. The van der Waals surface area contributed by atoms with Gasteiger partial charge in [0.1, 0.15) is 6.73 Å². The van der Waals surface area contributed by atoms with Gasteiger partial charge in [0.2, 0.25) is 0 Å². The molecule has 1 heterocycles. The Labute approximate surface area is 56.6 Å². The van der Waals surface area contributed by atoms with Crippen LogP contribution in [0.15, 0.2) is 16.2 Å². The first-order chi connectivity index (χ1) is 4.34. The molecular formula is C5H7NO2S. The van der Waals surface area contributed by atoms with Crippen LogP contribution in [0.2, 0.25) is 0 Å². The smallest absolute Gasteiger partial charge is 0.262 e. The lowest BCUT2D eigenvalue weighted by atomic mass is 10.7. The molecule has 0 unspecified atom stereocenters. The number of methoxy groups -OCH3 is 1. The molecule has 1 rings (SSSR count). The van der Waals surface area contributed by atoms with Crippen molar-refractivity contribution in [3.05, 3.63) is 21.8 Å². The summed E-state index contributed by atoms with van der Waals surface area (Å²) >= 11 is 1.35. The number of hydrogen-bond donors (Lipinski definition) is 0. The molecule has 9 heavy (non-hydrogen) atoms. The molecule has 0 aliphatic carbocycles. The van der Waals surface area contributed by atoms with E-state index in [4.69, 9.17) is 4.74 Å². The molecule has 50 valence electrons. The van der Waals surface area contributed by atoms with Crippen LogP contribution in [0.4, 0.5) is 0 Å². The van der Waals surface area contributed by atoms with Crippen LogP contribution < -0.4 is 5.56 Å². The quantitative estimate of drug-likeness (QED) is 0.607. The second kappa shape index (κ2) is 2.80. The van der Waals surface area contributed by atoms with Gasteiger partial charge in [0.05, 0.1) is 0 Å². The van der Waals surface area contributed by atoms with Gasteiger partial charge in [-0.3, -0.25) is 4.79 Å². The van der Waals surface area contributed by atoms with E-state index in [1.807, 2.05) is 0 Å². The Hall–Kier alpha value is -0.610. The number of hydrogen-bond acceptors (Lipinski definition) is 3. The maximum Gasteiger partial charge on any atom is 0.262 e. The lowest BCUT2D eigenvalue weighted by Crippen LogP contribution is -2.12. The molecule has 0 aliphatic rings. The van der Waals surface area contributed by atoms with E-state index < -0.39 is 0 Å². The maximum atomic E-state index is 10.7. The number of rotatable bonds is 2. The zero-order valence-corrected chi connectivity index (χ0v) is 5.85. The number of nitrogens with zero attached hydrogens (tertiary/aromatic N) is 1. The first kappa shape index (κ1) is 6.51. The molecule has 3 nitrogen and oxygen atoms in total. The average Bonchev–Trinajstić information content (AvgIpc) is 2.18. The molecule has 0 N–H and O–H groups in total. The second-order valence-electron chi connectivity index (χ2n) is 1.54. The summed E-state index contributed by atoms with van der Waals surface area (Å²) in [4.78, 5) is 10.7. The third-order valence-electron chi connectivity index (χ3n) is 0.891. The van der Waals surface area contributed by atoms with Gasteiger partial charge in [-0.25, -0.2) is 3.96 Å². The highest BCUT2D eigenvalue weighted by atomic mass is 32.1. The van der Waals surface area contributed by atoms with Gasteiger partial charge >= 0.3 is 0 Å². The van der Waals surface area contributed by atoms with Crippen molar-refractivity contribution >= 4 is 11.5 Å². The zero-order chi connectivity index (χ0) is 6.69. The van der Waals surface area contributed by atoms with Crippen molar-refractivity contribution in [3.63, 3.8) is 0 Å². The monoisotopic (exact) mass is 145 g/mol. The molecule has 0 fully saturated rings. The predicted octanol–water partition coefficient (Wildman–Crippen LogP) is 0.514. The lowest BCUT2D eigenvalue weighted by molar-refractivity contribution is 0.137. The van der Waals surface area contributed by atoms with Gasteiger partial charge in [-0.05, 0) is 0 Å². The molecule has 0 bridgehead atoms. The lowest BCUT2D eigenvalue weighted by Gasteiger charge is -1.93. The topological polar surface area (TPSA) is 31.2 Å². The van der Waals surface area contributed by atoms with Crippen molar-refractivity contribution in [3.8, 4) is 0 Å². The molecule has 1 aromatic heterocycles. The molecule has 0 spiro atoms. The molecule has 0 atom stereocenters. The van der Waals surface area contributed by atoms with Crippen molar-refractivity contribution in [1.82, 2.24) is 3.96 Å². The van der Waals surface area contributed by atoms with E-state index in [-0.39, 0.29) is 5.56 Å². The summed E-state index contributed by atoms with van der Waals surface area (Å²) in [5, 5.41) is 1.74. The van der Waals surface area contributed by atoms with Gasteiger partial charge in [-0.15, -0.1) is 0 Å². The minimum absolute atomic E-state index is 0.00171. The van der Waals surface area contributed by atoms with Crippen molar-refractivity contribution in [2.24, 2.45) is 0 Å². The molecular weight excluding hydrogens is 138 g/mol. The van der Waals surface area contributed by atoms with Crippen molar-refractivity contribution < 1.29 is 4.74 Å². The third-order valence-corrected chi connectivity index (χ3v) is 1.69. The van der Waals surface area contributed by atoms with Crippen LogP contribution in [0.3, 0.4) is 0 Å². The van der Waals surface area contributed by atoms with E-state index in [2.05, 4.69) is 0 Å². The highest BCUT2D eigenvalue weighted by Crippen LogP contribution is 1.90. The van der Waals surface area contributed by atoms with Crippen molar-refractivity contribution in [1.29, 1.82) is 0 Å². The van der Waals surface area contributed by atoms with Crippen molar-refractivity contribution in [2.75, 3.05) is 7.11 Å². The summed E-state index contributed by atoms with van der Waals surface area (Å²) in [5.74, 6) is 0. The van der Waals surface area contributed by atoms with Crippen LogP contribution in [0.5, 0.6) is 0 Å². The SMILES string of the molecule is COCn1sccc1=O. The summed E-state index contributed by atoms with van der Waals surface area (Å²) in [5.41, 5.74) is 0.00171. The maximum absolute atomic E-state index is 10.7. The Bertz CT molecular complexity index is 227. The number of ether oxygens (including phenoxy) is 1. The van der Waals surface area contributed by atoms with Gasteiger partial charge in [0.15, 0.2) is 0 Å². The van der Waals surface area contributed by atoms with Gasteiger partial charge in [-0.2, -0.15) is 0 Å². The molecule has 1 aromatic rings. The van der Waals surface area contributed by atoms with Gasteiger partial charge < -0.3 is 4.74 Å². The summed E-state index contributed by atoms with van der Waals surface area (Å²) in [6.07, 6.45) is 0. The highest BCUT2D eigenvalue weighted by molar-refractivity contribution is 7.04. The standard InChI is InChI=1S/C5H7NO2S/c1-8-4-6-5(7)2-3-9-6/h2-3H,4H2,1H3. The van der Waals surface area contributed by atoms with Crippen LogP contribution in [0, 0.1) is 0 Å². The third kappa shape index (κ3) is 1.40. The summed E-state index contributed by atoms with van der Waals surface area (Å²) in [7, 11) is 1.56. The molecule has 0 amide bonds. The first-order valence-electron chi connectivity index (χ1n) is 2.48. The minimum Gasteiger partial charge on any atom is -0.363 e. The largest absolute Gasteiger partial charge is 0.363 e. The Morgan fingerprint density at radius 1 is 1.89 bits per heavy atom. The van der Waals surface area contributed by atoms with Gasteiger partial charge in [0, 0.05) is 18.6 Å².